The van der Waals surface area contributed by atoms with E-state index in [1.807, 2.05) is 6.07 Å². The van der Waals surface area contributed by atoms with E-state index < -0.39 is 5.97 Å². The second kappa shape index (κ2) is 6.51. The number of hydrogen-bond donors (Lipinski definition) is 2. The highest BCUT2D eigenvalue weighted by Crippen LogP contribution is 2.60. The van der Waals surface area contributed by atoms with Crippen molar-refractivity contribution in [2.75, 3.05) is 0 Å². The molecule has 6 rings (SSSR count). The van der Waals surface area contributed by atoms with Crippen LogP contribution in [0.5, 0.6) is 5.75 Å². The molecule has 29 heavy (non-hydrogen) atoms. The lowest BCUT2D eigenvalue weighted by Gasteiger charge is -2.56. The Kier molecular flexibility index (Phi) is 4.05. The maximum atomic E-state index is 12.5. The molecule has 4 saturated carbocycles. The Morgan fingerprint density at radius 2 is 1.79 bits per heavy atom. The Morgan fingerprint density at radius 3 is 2.45 bits per heavy atom. The number of benzene rings is 1. The Bertz CT molecular complexity index is 1010. The van der Waals surface area contributed by atoms with E-state index in [-0.39, 0.29) is 23.0 Å². The number of carboxylic acid groups (broad SMARTS) is 1. The second-order valence-corrected chi connectivity index (χ2v) is 8.77. The number of carbonyl (C=O) groups excluding carboxylic acids is 1. The van der Waals surface area contributed by atoms with Crippen molar-refractivity contribution in [1.82, 2.24) is 9.97 Å². The molecule has 6 heteroatoms. The Hall–Kier alpha value is -3.02. The van der Waals surface area contributed by atoms with Gasteiger partial charge in [0.05, 0.1) is 0 Å². The molecule has 1 heterocycles. The molecule has 4 bridgehead atoms. The van der Waals surface area contributed by atoms with E-state index in [4.69, 9.17) is 5.11 Å². The summed E-state index contributed by atoms with van der Waals surface area (Å²) in [4.78, 5) is 31.9. The van der Waals surface area contributed by atoms with Gasteiger partial charge in [-0.2, -0.15) is 0 Å². The van der Waals surface area contributed by atoms with Gasteiger partial charge in [0.1, 0.15) is 11.5 Å². The average molecular weight is 390 g/mol. The maximum absolute atomic E-state index is 12.5. The Morgan fingerprint density at radius 1 is 1.10 bits per heavy atom. The minimum Gasteiger partial charge on any atom is -0.508 e. The number of ketones is 1. The van der Waals surface area contributed by atoms with Gasteiger partial charge in [-0.1, -0.05) is 0 Å². The smallest absolute Gasteiger partial charge is 0.328 e. The Balaban J connectivity index is 1.49. The molecular formula is C23H22N2O4. The van der Waals surface area contributed by atoms with Crippen LogP contribution in [0.1, 0.15) is 43.2 Å². The number of aromatic nitrogens is 2. The van der Waals surface area contributed by atoms with Crippen LogP contribution in [0.2, 0.25) is 0 Å². The summed E-state index contributed by atoms with van der Waals surface area (Å²) in [6, 6.07) is 5.48. The van der Waals surface area contributed by atoms with Crippen LogP contribution in [0, 0.1) is 17.8 Å². The van der Waals surface area contributed by atoms with Crippen LogP contribution in [0.15, 0.2) is 36.7 Å². The molecule has 0 radical (unpaired) electrons. The van der Waals surface area contributed by atoms with Gasteiger partial charge in [0.2, 0.25) is 0 Å². The van der Waals surface area contributed by atoms with Crippen molar-refractivity contribution in [2.45, 2.75) is 37.5 Å². The van der Waals surface area contributed by atoms with Crippen molar-refractivity contribution < 1.29 is 19.8 Å². The molecule has 4 aliphatic carbocycles. The van der Waals surface area contributed by atoms with Gasteiger partial charge in [0, 0.05) is 52.4 Å². The summed E-state index contributed by atoms with van der Waals surface area (Å²) >= 11 is 0. The van der Waals surface area contributed by atoms with E-state index in [2.05, 4.69) is 9.97 Å². The number of phenolic OH excluding ortho intramolecular Hbond substituents is 1. The minimum atomic E-state index is -1.02. The molecule has 4 fully saturated rings. The number of rotatable bonds is 4. The van der Waals surface area contributed by atoms with E-state index in [9.17, 15) is 14.7 Å². The molecule has 2 N–H and O–H groups in total. The molecule has 0 amide bonds. The molecule has 0 spiro atoms. The van der Waals surface area contributed by atoms with Crippen molar-refractivity contribution in [3.8, 4) is 17.1 Å². The molecule has 1 aromatic carbocycles. The van der Waals surface area contributed by atoms with E-state index >= 15 is 0 Å². The predicted molar refractivity (Wildman–Crippen MR) is 106 cm³/mol. The lowest BCUT2D eigenvalue weighted by Crippen LogP contribution is -2.53. The third kappa shape index (κ3) is 3.03. The molecule has 6 nitrogen and oxygen atoms in total. The normalized spacial score (nSPS) is 30.2. The van der Waals surface area contributed by atoms with Gasteiger partial charge in [-0.3, -0.25) is 4.79 Å². The maximum Gasteiger partial charge on any atom is 0.328 e. The summed E-state index contributed by atoms with van der Waals surface area (Å²) in [7, 11) is 0. The molecule has 1 aromatic heterocycles. The first-order valence-electron chi connectivity index (χ1n) is 10.0. The van der Waals surface area contributed by atoms with E-state index in [0.717, 1.165) is 49.3 Å². The summed E-state index contributed by atoms with van der Waals surface area (Å²) in [5.41, 5.74) is 2.21. The number of aliphatic carboxylic acids is 1. The third-order valence-electron chi connectivity index (χ3n) is 6.91. The van der Waals surface area contributed by atoms with Crippen molar-refractivity contribution in [3.05, 3.63) is 47.8 Å². The van der Waals surface area contributed by atoms with Crippen molar-refractivity contribution in [2.24, 2.45) is 17.8 Å². The number of nitrogens with zero attached hydrogens (tertiary/aromatic N) is 2. The summed E-state index contributed by atoms with van der Waals surface area (Å²) < 4.78 is 0. The van der Waals surface area contributed by atoms with E-state index in [1.54, 1.807) is 24.5 Å². The molecule has 2 aromatic rings. The van der Waals surface area contributed by atoms with Gasteiger partial charge in [-0.05, 0) is 62.3 Å². The predicted octanol–water partition coefficient (Wildman–Crippen LogP) is 3.59. The number of phenols is 1. The molecular weight excluding hydrogens is 368 g/mol. The molecule has 0 aliphatic heterocycles. The second-order valence-electron chi connectivity index (χ2n) is 8.77. The van der Waals surface area contributed by atoms with Crippen LogP contribution in [0.25, 0.3) is 17.5 Å². The molecule has 2 atom stereocenters. The largest absolute Gasteiger partial charge is 0.508 e. The quantitative estimate of drug-likeness (QED) is 0.774. The standard InChI is InChI=1S/C23H22N2O4/c26-19-3-2-15(22-24-11-13(12-25-22)1-4-20(27)28)7-18(19)23-8-14-5-16(9-23)21(29)17(6-14)10-23/h1-4,7,11-12,14,16-17,26H,5-6,8-10H2,(H,27,28)/b4-1+. The minimum absolute atomic E-state index is 0.130. The van der Waals surface area contributed by atoms with Crippen LogP contribution in [-0.2, 0) is 15.0 Å². The lowest BCUT2D eigenvalue weighted by molar-refractivity contribution is -0.142. The summed E-state index contributed by atoms with van der Waals surface area (Å²) in [6.07, 6.45) is 10.4. The van der Waals surface area contributed by atoms with Gasteiger partial charge in [-0.15, -0.1) is 0 Å². The molecule has 4 aliphatic rings. The van der Waals surface area contributed by atoms with Crippen LogP contribution < -0.4 is 0 Å². The highest BCUT2D eigenvalue weighted by molar-refractivity contribution is 5.86. The van der Waals surface area contributed by atoms with Gasteiger partial charge in [-0.25, -0.2) is 14.8 Å². The molecule has 2 unspecified atom stereocenters. The number of carbonyl (C=O) groups is 2. The van der Waals surface area contributed by atoms with Crippen LogP contribution in [0.3, 0.4) is 0 Å². The number of carboxylic acids is 1. The zero-order chi connectivity index (χ0) is 20.2. The first-order valence-corrected chi connectivity index (χ1v) is 10.0. The first-order chi connectivity index (χ1) is 13.9. The van der Waals surface area contributed by atoms with Crippen molar-refractivity contribution in [1.29, 1.82) is 0 Å². The topological polar surface area (TPSA) is 100 Å². The highest BCUT2D eigenvalue weighted by atomic mass is 16.4. The van der Waals surface area contributed by atoms with Gasteiger partial charge in [0.15, 0.2) is 5.82 Å². The zero-order valence-electron chi connectivity index (χ0n) is 15.9. The van der Waals surface area contributed by atoms with Crippen molar-refractivity contribution >= 4 is 17.8 Å². The fourth-order valence-electron chi connectivity index (χ4n) is 5.92. The number of Topliss-reactive ketones (excluding diaryl/α,β-unsaturated/α-hetero) is 1. The van der Waals surface area contributed by atoms with Gasteiger partial charge < -0.3 is 10.2 Å². The highest BCUT2D eigenvalue weighted by Gasteiger charge is 2.56. The SMILES string of the molecule is O=C(O)/C=C/c1cnc(-c2ccc(O)c(C34CC5CC(C3)C(=O)C(C5)C4)c2)nc1. The zero-order valence-corrected chi connectivity index (χ0v) is 15.9. The van der Waals surface area contributed by atoms with Crippen LogP contribution in [-0.4, -0.2) is 31.9 Å². The fourth-order valence-corrected chi connectivity index (χ4v) is 5.92. The van der Waals surface area contributed by atoms with Crippen LogP contribution in [0.4, 0.5) is 0 Å². The number of hydrogen-bond acceptors (Lipinski definition) is 5. The monoisotopic (exact) mass is 390 g/mol. The van der Waals surface area contributed by atoms with Gasteiger partial charge >= 0.3 is 5.97 Å². The first kappa shape index (κ1) is 18.0. The molecule has 148 valence electrons. The van der Waals surface area contributed by atoms with E-state index in [1.165, 1.54) is 6.08 Å². The molecule has 0 saturated heterocycles. The van der Waals surface area contributed by atoms with Crippen molar-refractivity contribution in [3.63, 3.8) is 0 Å². The summed E-state index contributed by atoms with van der Waals surface area (Å²) in [5, 5.41) is 19.4. The van der Waals surface area contributed by atoms with E-state index in [0.29, 0.717) is 23.1 Å². The average Bonchev–Trinajstić information content (AvgIpc) is 2.70. The Labute approximate surface area is 168 Å². The van der Waals surface area contributed by atoms with Gasteiger partial charge in [0.25, 0.3) is 0 Å². The lowest BCUT2D eigenvalue weighted by atomic mass is 9.47. The van der Waals surface area contributed by atoms with Crippen LogP contribution >= 0.6 is 0 Å². The third-order valence-corrected chi connectivity index (χ3v) is 6.91. The summed E-state index contributed by atoms with van der Waals surface area (Å²) in [5.74, 6) is 1.07. The number of aromatic hydroxyl groups is 1. The summed E-state index contributed by atoms with van der Waals surface area (Å²) in [6.45, 7) is 0. The fraction of sp³-hybridized carbons (Fsp3) is 0.391.